The van der Waals surface area contributed by atoms with E-state index in [0.717, 1.165) is 34.5 Å². The van der Waals surface area contributed by atoms with E-state index < -0.39 is 11.9 Å². The van der Waals surface area contributed by atoms with Crippen LogP contribution in [0.25, 0.3) is 10.7 Å². The van der Waals surface area contributed by atoms with E-state index in [1.165, 1.54) is 11.3 Å². The summed E-state index contributed by atoms with van der Waals surface area (Å²) in [6.45, 7) is 1.70. The van der Waals surface area contributed by atoms with Crippen molar-refractivity contribution in [2.75, 3.05) is 5.32 Å². The number of anilines is 2. The number of aliphatic hydroxyl groups is 1. The number of hydrogen-bond acceptors (Lipinski definition) is 6. The molecular weight excluding hydrogens is 329 g/mol. The Hall–Kier alpha value is -2.32. The number of nitrogens with one attached hydrogen (secondary N) is 2. The van der Waals surface area contributed by atoms with Crippen LogP contribution in [0, 0.1) is 5.82 Å². The van der Waals surface area contributed by atoms with E-state index in [2.05, 4.69) is 25.5 Å². The Balaban J connectivity index is 0.00000121. The SMILES string of the molecule is C[C@H](O)c1ccc(-c2ncc(F)c(Nc3cc(C4CC4)[nH]n3)n2)s1.[HH].[HH].[HH]. The second kappa shape index (κ2) is 5.95. The number of thiophene rings is 1. The molecule has 1 atom stereocenters. The van der Waals surface area contributed by atoms with Crippen molar-refractivity contribution < 1.29 is 13.8 Å². The lowest BCUT2D eigenvalue weighted by atomic mass is 10.3. The summed E-state index contributed by atoms with van der Waals surface area (Å²) in [6, 6.07) is 5.53. The summed E-state index contributed by atoms with van der Waals surface area (Å²) in [5, 5.41) is 19.6. The Bertz CT molecular complexity index is 885. The summed E-state index contributed by atoms with van der Waals surface area (Å²) in [7, 11) is 0. The summed E-state index contributed by atoms with van der Waals surface area (Å²) in [4.78, 5) is 9.89. The van der Waals surface area contributed by atoms with Crippen molar-refractivity contribution in [3.63, 3.8) is 0 Å². The van der Waals surface area contributed by atoms with Gasteiger partial charge in [0.05, 0.1) is 17.2 Å². The van der Waals surface area contributed by atoms with Crippen molar-refractivity contribution in [3.8, 4) is 10.7 Å². The molecule has 130 valence electrons. The maximum atomic E-state index is 14.0. The average molecular weight is 351 g/mol. The molecule has 0 bridgehead atoms. The minimum absolute atomic E-state index is 0. The fourth-order valence-electron chi connectivity index (χ4n) is 2.40. The fraction of sp³-hybridized carbons (Fsp3) is 0.312. The molecule has 3 aromatic heterocycles. The number of nitrogens with zero attached hydrogens (tertiary/aromatic N) is 3. The number of hydrogen-bond donors (Lipinski definition) is 3. The summed E-state index contributed by atoms with van der Waals surface area (Å²) >= 11 is 1.38. The third-order valence-corrected chi connectivity index (χ3v) is 5.12. The number of halogens is 1. The zero-order chi connectivity index (χ0) is 16.7. The van der Waals surface area contributed by atoms with Gasteiger partial charge >= 0.3 is 0 Å². The molecule has 3 aromatic rings. The van der Waals surface area contributed by atoms with Crippen LogP contribution < -0.4 is 5.32 Å². The molecular formula is C16H22FN5OS. The van der Waals surface area contributed by atoms with Crippen molar-refractivity contribution in [2.24, 2.45) is 0 Å². The third-order valence-electron chi connectivity index (χ3n) is 3.86. The molecule has 1 saturated carbocycles. The van der Waals surface area contributed by atoms with E-state index in [1.54, 1.807) is 6.92 Å². The highest BCUT2D eigenvalue weighted by Crippen LogP contribution is 2.39. The minimum Gasteiger partial charge on any atom is -0.388 e. The maximum absolute atomic E-state index is 14.0. The Morgan fingerprint density at radius 3 is 3.00 bits per heavy atom. The van der Waals surface area contributed by atoms with Crippen molar-refractivity contribution in [2.45, 2.75) is 31.8 Å². The van der Waals surface area contributed by atoms with Crippen molar-refractivity contribution in [1.29, 1.82) is 0 Å². The molecule has 1 aliphatic rings. The van der Waals surface area contributed by atoms with Gasteiger partial charge in [0, 0.05) is 26.8 Å². The quantitative estimate of drug-likeness (QED) is 0.631. The lowest BCUT2D eigenvalue weighted by Gasteiger charge is -2.05. The number of aromatic amines is 1. The van der Waals surface area contributed by atoms with Crippen LogP contribution in [0.5, 0.6) is 0 Å². The highest BCUT2D eigenvalue weighted by atomic mass is 32.1. The molecule has 0 amide bonds. The predicted octanol–water partition coefficient (Wildman–Crippen LogP) is 4.48. The smallest absolute Gasteiger partial charge is 0.184 e. The van der Waals surface area contributed by atoms with Crippen LogP contribution in [0.1, 0.15) is 46.6 Å². The molecule has 0 spiro atoms. The molecule has 1 fully saturated rings. The first-order chi connectivity index (χ1) is 11.6. The van der Waals surface area contributed by atoms with Gasteiger partial charge in [0.15, 0.2) is 23.3 Å². The number of rotatable bonds is 5. The summed E-state index contributed by atoms with van der Waals surface area (Å²) in [6.07, 6.45) is 2.92. The van der Waals surface area contributed by atoms with Crippen LogP contribution in [-0.2, 0) is 0 Å². The molecule has 0 saturated heterocycles. The molecule has 0 aromatic carbocycles. The Labute approximate surface area is 146 Å². The van der Waals surface area contributed by atoms with Gasteiger partial charge in [-0.25, -0.2) is 14.4 Å². The first-order valence-corrected chi connectivity index (χ1v) is 8.55. The first-order valence-electron chi connectivity index (χ1n) is 7.73. The zero-order valence-corrected chi connectivity index (χ0v) is 13.8. The number of aliphatic hydroxyl groups excluding tert-OH is 1. The van der Waals surface area contributed by atoms with Gasteiger partial charge in [-0.05, 0) is 31.9 Å². The van der Waals surface area contributed by atoms with Crippen molar-refractivity contribution >= 4 is 23.0 Å². The second-order valence-electron chi connectivity index (χ2n) is 5.88. The monoisotopic (exact) mass is 351 g/mol. The van der Waals surface area contributed by atoms with E-state index in [-0.39, 0.29) is 10.1 Å². The lowest BCUT2D eigenvalue weighted by Crippen LogP contribution is -2.00. The van der Waals surface area contributed by atoms with Gasteiger partial charge in [0.25, 0.3) is 0 Å². The first kappa shape index (κ1) is 15.2. The largest absolute Gasteiger partial charge is 0.388 e. The van der Waals surface area contributed by atoms with E-state index in [4.69, 9.17) is 0 Å². The maximum Gasteiger partial charge on any atom is 0.184 e. The summed E-state index contributed by atoms with van der Waals surface area (Å²) in [5.74, 6) is 1.04. The van der Waals surface area contributed by atoms with Crippen LogP contribution in [0.2, 0.25) is 0 Å². The summed E-state index contributed by atoms with van der Waals surface area (Å²) in [5.41, 5.74) is 1.06. The minimum atomic E-state index is -0.549. The Morgan fingerprint density at radius 2 is 2.29 bits per heavy atom. The lowest BCUT2D eigenvalue weighted by molar-refractivity contribution is 0.203. The van der Waals surface area contributed by atoms with Crippen LogP contribution in [-0.4, -0.2) is 25.3 Å². The molecule has 4 rings (SSSR count). The second-order valence-corrected chi connectivity index (χ2v) is 6.99. The van der Waals surface area contributed by atoms with Gasteiger partial charge in [-0.1, -0.05) is 0 Å². The fourth-order valence-corrected chi connectivity index (χ4v) is 3.28. The van der Waals surface area contributed by atoms with E-state index in [9.17, 15) is 9.50 Å². The van der Waals surface area contributed by atoms with E-state index in [0.29, 0.717) is 17.6 Å². The highest BCUT2D eigenvalue weighted by molar-refractivity contribution is 7.15. The molecule has 0 radical (unpaired) electrons. The molecule has 0 aliphatic heterocycles. The number of H-pyrrole nitrogens is 1. The standard InChI is InChI=1S/C16H16FN5OS.3H2/c1-8(23)12-4-5-13(24-12)16-18-7-10(17)15(20-16)19-14-6-11(21-22-14)9-2-3-9;;;/h4-9,23H,2-3H2,1H3,(H2,18,19,20,21,22);3*1H/t8-;;;/m0.../s1. The van der Waals surface area contributed by atoms with Gasteiger partial charge in [0.2, 0.25) is 0 Å². The third kappa shape index (κ3) is 3.02. The molecule has 1 aliphatic carbocycles. The van der Waals surface area contributed by atoms with Gasteiger partial charge < -0.3 is 10.4 Å². The highest BCUT2D eigenvalue weighted by Gasteiger charge is 2.25. The molecule has 0 unspecified atom stereocenters. The Kier molecular flexibility index (Phi) is 3.78. The topological polar surface area (TPSA) is 86.7 Å². The van der Waals surface area contributed by atoms with Gasteiger partial charge in [0.1, 0.15) is 0 Å². The van der Waals surface area contributed by atoms with Gasteiger partial charge in [-0.15, -0.1) is 11.3 Å². The van der Waals surface area contributed by atoms with Crippen molar-refractivity contribution in [3.05, 3.63) is 40.8 Å². The molecule has 3 heterocycles. The molecule has 6 nitrogen and oxygen atoms in total. The van der Waals surface area contributed by atoms with E-state index >= 15 is 0 Å². The number of aromatic nitrogens is 4. The van der Waals surface area contributed by atoms with Gasteiger partial charge in [-0.3, -0.25) is 5.10 Å². The normalized spacial score (nSPS) is 15.5. The average Bonchev–Trinajstić information content (AvgIpc) is 3.10. The predicted molar refractivity (Wildman–Crippen MR) is 96.1 cm³/mol. The van der Waals surface area contributed by atoms with Crippen molar-refractivity contribution in [1.82, 2.24) is 20.2 Å². The molecule has 8 heteroatoms. The van der Waals surface area contributed by atoms with E-state index in [1.807, 2.05) is 18.2 Å². The Morgan fingerprint density at radius 1 is 1.46 bits per heavy atom. The van der Waals surface area contributed by atoms with Crippen LogP contribution in [0.15, 0.2) is 24.4 Å². The molecule has 24 heavy (non-hydrogen) atoms. The van der Waals surface area contributed by atoms with Gasteiger partial charge in [-0.2, -0.15) is 5.10 Å². The van der Waals surface area contributed by atoms with Crippen LogP contribution in [0.3, 0.4) is 0 Å². The van der Waals surface area contributed by atoms with Crippen LogP contribution in [0.4, 0.5) is 16.0 Å². The summed E-state index contributed by atoms with van der Waals surface area (Å²) < 4.78 is 14.0. The zero-order valence-electron chi connectivity index (χ0n) is 13.0. The molecule has 3 N–H and O–H groups in total. The van der Waals surface area contributed by atoms with Crippen LogP contribution >= 0.6 is 11.3 Å².